The number of anilines is 2. The number of likely N-dealkylation sites (tertiary alicyclic amines) is 1. The Morgan fingerprint density at radius 1 is 1.12 bits per heavy atom. The summed E-state index contributed by atoms with van der Waals surface area (Å²) in [5, 5.41) is 8.72. The molecule has 0 spiro atoms. The van der Waals surface area contributed by atoms with Gasteiger partial charge < -0.3 is 25.6 Å². The van der Waals surface area contributed by atoms with Gasteiger partial charge in [0.25, 0.3) is 0 Å². The van der Waals surface area contributed by atoms with Crippen LogP contribution in [0.3, 0.4) is 0 Å². The second kappa shape index (κ2) is 9.65. The van der Waals surface area contributed by atoms with E-state index in [-0.39, 0.29) is 30.5 Å². The van der Waals surface area contributed by atoms with Crippen molar-refractivity contribution in [2.45, 2.75) is 32.7 Å². The smallest absolute Gasteiger partial charge is 0.409 e. The molecule has 1 aliphatic rings. The molecule has 0 aliphatic carbocycles. The molecule has 8 nitrogen and oxygen atoms in total. The van der Waals surface area contributed by atoms with E-state index < -0.39 is 0 Å². The number of nitrogens with one attached hydrogen (secondary N) is 3. The van der Waals surface area contributed by atoms with Crippen molar-refractivity contribution in [2.24, 2.45) is 0 Å². The van der Waals surface area contributed by atoms with E-state index in [0.29, 0.717) is 25.4 Å². The molecule has 1 aromatic rings. The Kier molecular flexibility index (Phi) is 7.25. The molecule has 0 bridgehead atoms. The van der Waals surface area contributed by atoms with E-state index in [2.05, 4.69) is 16.0 Å². The Bertz CT molecular complexity index is 625. The standard InChI is InChI=1S/C18H26N4O4/c1-3-26-18(25)22-10-8-16(9-11-22)21-17(24)12-19-14-4-6-15(7-5-14)20-13(2)23/h4-7,16,19H,3,8-12H2,1-2H3,(H,20,23)(H,21,24). The fourth-order valence-electron chi connectivity index (χ4n) is 2.76. The molecule has 1 heterocycles. The lowest BCUT2D eigenvalue weighted by atomic mass is 10.1. The van der Waals surface area contributed by atoms with Gasteiger partial charge in [-0.3, -0.25) is 9.59 Å². The molecule has 0 radical (unpaired) electrons. The zero-order chi connectivity index (χ0) is 18.9. The second-order valence-corrected chi connectivity index (χ2v) is 6.14. The lowest BCUT2D eigenvalue weighted by Crippen LogP contribution is -2.47. The van der Waals surface area contributed by atoms with Crippen LogP contribution in [0.2, 0.25) is 0 Å². The molecule has 0 aromatic heterocycles. The lowest BCUT2D eigenvalue weighted by Gasteiger charge is -2.31. The molecule has 8 heteroatoms. The van der Waals surface area contributed by atoms with Gasteiger partial charge in [-0.15, -0.1) is 0 Å². The van der Waals surface area contributed by atoms with Crippen LogP contribution in [0, 0.1) is 0 Å². The minimum atomic E-state index is -0.290. The third kappa shape index (κ3) is 6.27. The van der Waals surface area contributed by atoms with Crippen molar-refractivity contribution in [2.75, 3.05) is 36.9 Å². The van der Waals surface area contributed by atoms with Crippen LogP contribution in [0.4, 0.5) is 16.2 Å². The van der Waals surface area contributed by atoms with Crippen LogP contribution in [0.5, 0.6) is 0 Å². The van der Waals surface area contributed by atoms with E-state index in [1.54, 1.807) is 36.1 Å². The number of rotatable bonds is 6. The number of nitrogens with zero attached hydrogens (tertiary/aromatic N) is 1. The predicted molar refractivity (Wildman–Crippen MR) is 99.0 cm³/mol. The highest BCUT2D eigenvalue weighted by atomic mass is 16.6. The summed E-state index contributed by atoms with van der Waals surface area (Å²) < 4.78 is 4.98. The quantitative estimate of drug-likeness (QED) is 0.716. The number of hydrogen-bond donors (Lipinski definition) is 3. The molecule has 3 N–H and O–H groups in total. The van der Waals surface area contributed by atoms with Gasteiger partial charge in [-0.1, -0.05) is 0 Å². The Morgan fingerprint density at radius 2 is 1.73 bits per heavy atom. The van der Waals surface area contributed by atoms with Crippen molar-refractivity contribution in [3.05, 3.63) is 24.3 Å². The minimum Gasteiger partial charge on any atom is -0.450 e. The molecule has 142 valence electrons. The zero-order valence-corrected chi connectivity index (χ0v) is 15.2. The van der Waals surface area contributed by atoms with Gasteiger partial charge in [0.05, 0.1) is 13.2 Å². The Labute approximate surface area is 153 Å². The Morgan fingerprint density at radius 3 is 2.31 bits per heavy atom. The third-order valence-corrected chi connectivity index (χ3v) is 4.04. The number of piperidine rings is 1. The van der Waals surface area contributed by atoms with E-state index in [1.165, 1.54) is 6.92 Å². The number of benzene rings is 1. The van der Waals surface area contributed by atoms with Crippen molar-refractivity contribution in [3.63, 3.8) is 0 Å². The maximum atomic E-state index is 12.1. The first-order valence-electron chi connectivity index (χ1n) is 8.80. The Hall–Kier alpha value is -2.77. The van der Waals surface area contributed by atoms with Crippen LogP contribution in [0.15, 0.2) is 24.3 Å². The summed E-state index contributed by atoms with van der Waals surface area (Å²) in [4.78, 5) is 36.4. The molecule has 0 atom stereocenters. The maximum absolute atomic E-state index is 12.1. The van der Waals surface area contributed by atoms with Gasteiger partial charge in [-0.05, 0) is 44.0 Å². The molecule has 0 unspecified atom stereocenters. The summed E-state index contributed by atoms with van der Waals surface area (Å²) in [5.41, 5.74) is 1.51. The molecule has 1 saturated heterocycles. The SMILES string of the molecule is CCOC(=O)N1CCC(NC(=O)CNc2ccc(NC(C)=O)cc2)CC1. The summed E-state index contributed by atoms with van der Waals surface area (Å²) >= 11 is 0. The first-order chi connectivity index (χ1) is 12.5. The predicted octanol–water partition coefficient (Wildman–Crippen LogP) is 1.79. The summed E-state index contributed by atoms with van der Waals surface area (Å²) in [6, 6.07) is 7.21. The van der Waals surface area contributed by atoms with Gasteiger partial charge in [0.2, 0.25) is 11.8 Å². The average Bonchev–Trinajstić information content (AvgIpc) is 2.61. The van der Waals surface area contributed by atoms with Crippen molar-refractivity contribution < 1.29 is 19.1 Å². The molecule has 1 fully saturated rings. The van der Waals surface area contributed by atoms with Gasteiger partial charge in [0, 0.05) is 37.4 Å². The number of carbonyl (C=O) groups is 3. The van der Waals surface area contributed by atoms with Crippen LogP contribution >= 0.6 is 0 Å². The van der Waals surface area contributed by atoms with E-state index >= 15 is 0 Å². The van der Waals surface area contributed by atoms with Crippen LogP contribution in [-0.2, 0) is 14.3 Å². The highest BCUT2D eigenvalue weighted by molar-refractivity contribution is 5.89. The van der Waals surface area contributed by atoms with Crippen LogP contribution in [0.25, 0.3) is 0 Å². The molecular formula is C18H26N4O4. The van der Waals surface area contributed by atoms with E-state index in [0.717, 1.165) is 18.5 Å². The Balaban J connectivity index is 1.69. The van der Waals surface area contributed by atoms with Gasteiger partial charge in [-0.2, -0.15) is 0 Å². The highest BCUT2D eigenvalue weighted by Crippen LogP contribution is 2.14. The zero-order valence-electron chi connectivity index (χ0n) is 15.2. The molecule has 2 rings (SSSR count). The first kappa shape index (κ1) is 19.6. The number of carbonyl (C=O) groups excluding carboxylic acids is 3. The van der Waals surface area contributed by atoms with E-state index in [1.807, 2.05) is 0 Å². The summed E-state index contributed by atoms with van der Waals surface area (Å²) in [7, 11) is 0. The molecular weight excluding hydrogens is 336 g/mol. The number of hydrogen-bond acceptors (Lipinski definition) is 5. The topological polar surface area (TPSA) is 99.8 Å². The summed E-state index contributed by atoms with van der Waals surface area (Å²) in [5.74, 6) is -0.218. The van der Waals surface area contributed by atoms with Crippen molar-refractivity contribution in [1.29, 1.82) is 0 Å². The average molecular weight is 362 g/mol. The molecule has 0 saturated carbocycles. The molecule has 1 aliphatic heterocycles. The first-order valence-corrected chi connectivity index (χ1v) is 8.80. The van der Waals surface area contributed by atoms with Crippen LogP contribution in [-0.4, -0.2) is 55.1 Å². The summed E-state index contributed by atoms with van der Waals surface area (Å²) in [6.07, 6.45) is 1.15. The van der Waals surface area contributed by atoms with Gasteiger partial charge in [-0.25, -0.2) is 4.79 Å². The molecule has 26 heavy (non-hydrogen) atoms. The maximum Gasteiger partial charge on any atom is 0.409 e. The van der Waals surface area contributed by atoms with Crippen LogP contribution in [0.1, 0.15) is 26.7 Å². The number of amides is 3. The second-order valence-electron chi connectivity index (χ2n) is 6.14. The molecule has 3 amide bonds. The normalized spacial score (nSPS) is 14.5. The fraction of sp³-hybridized carbons (Fsp3) is 0.500. The van der Waals surface area contributed by atoms with Crippen LogP contribution < -0.4 is 16.0 Å². The van der Waals surface area contributed by atoms with E-state index in [4.69, 9.17) is 4.74 Å². The van der Waals surface area contributed by atoms with E-state index in [9.17, 15) is 14.4 Å². The highest BCUT2D eigenvalue weighted by Gasteiger charge is 2.24. The van der Waals surface area contributed by atoms with Gasteiger partial charge >= 0.3 is 6.09 Å². The van der Waals surface area contributed by atoms with Gasteiger partial charge in [0.15, 0.2) is 0 Å². The summed E-state index contributed by atoms with van der Waals surface area (Å²) in [6.45, 7) is 4.94. The third-order valence-electron chi connectivity index (χ3n) is 4.04. The van der Waals surface area contributed by atoms with Crippen molar-refractivity contribution in [3.8, 4) is 0 Å². The van der Waals surface area contributed by atoms with Crippen molar-refractivity contribution in [1.82, 2.24) is 10.2 Å². The number of ether oxygens (including phenoxy) is 1. The monoisotopic (exact) mass is 362 g/mol. The fourth-order valence-corrected chi connectivity index (χ4v) is 2.76. The molecule has 1 aromatic carbocycles. The van der Waals surface area contributed by atoms with Gasteiger partial charge in [0.1, 0.15) is 0 Å². The van der Waals surface area contributed by atoms with Crippen molar-refractivity contribution >= 4 is 29.3 Å². The largest absolute Gasteiger partial charge is 0.450 e. The lowest BCUT2D eigenvalue weighted by molar-refractivity contribution is -0.120. The minimum absolute atomic E-state index is 0.0668.